The maximum absolute atomic E-state index is 12.4. The van der Waals surface area contributed by atoms with Gasteiger partial charge in [0.05, 0.1) is 12.5 Å². The van der Waals surface area contributed by atoms with Gasteiger partial charge in [-0.1, -0.05) is 18.2 Å². The maximum atomic E-state index is 12.4. The first kappa shape index (κ1) is 16.6. The standard InChI is InChI=1S/C22H22N2O2/c25-22(14-16-4-3-5-17-15-23-13-12-21(16)17)24-18-8-10-20(11-9-18)26-19-6-1-2-7-19/h3-5,8-13,15,19H,1-2,6-7,14H2,(H,24,25). The molecule has 1 amide bonds. The van der Waals surface area contributed by atoms with Gasteiger partial charge < -0.3 is 10.1 Å². The number of carbonyl (C=O) groups excluding carboxylic acids is 1. The molecule has 4 rings (SSSR count). The van der Waals surface area contributed by atoms with Crippen molar-refractivity contribution < 1.29 is 9.53 Å². The fraction of sp³-hybridized carbons (Fsp3) is 0.273. The molecule has 1 N–H and O–H groups in total. The Morgan fingerprint density at radius 1 is 1.08 bits per heavy atom. The molecule has 4 heteroatoms. The number of hydrogen-bond donors (Lipinski definition) is 1. The minimum atomic E-state index is -0.0289. The highest BCUT2D eigenvalue weighted by molar-refractivity contribution is 5.96. The molecule has 0 spiro atoms. The number of nitrogens with one attached hydrogen (secondary N) is 1. The van der Waals surface area contributed by atoms with E-state index >= 15 is 0 Å². The van der Waals surface area contributed by atoms with Crippen molar-refractivity contribution in [2.45, 2.75) is 38.2 Å². The Bertz CT molecular complexity index is 894. The minimum absolute atomic E-state index is 0.0289. The third kappa shape index (κ3) is 3.85. The molecule has 4 nitrogen and oxygen atoms in total. The van der Waals surface area contributed by atoms with E-state index in [2.05, 4.69) is 10.3 Å². The van der Waals surface area contributed by atoms with Crippen LogP contribution in [0, 0.1) is 0 Å². The van der Waals surface area contributed by atoms with Crippen molar-refractivity contribution in [3.63, 3.8) is 0 Å². The fourth-order valence-corrected chi connectivity index (χ4v) is 3.54. The van der Waals surface area contributed by atoms with E-state index in [4.69, 9.17) is 4.74 Å². The second-order valence-corrected chi connectivity index (χ2v) is 6.79. The highest BCUT2D eigenvalue weighted by atomic mass is 16.5. The Morgan fingerprint density at radius 2 is 1.88 bits per heavy atom. The van der Waals surface area contributed by atoms with Gasteiger partial charge in [-0.05, 0) is 67.0 Å². The number of rotatable bonds is 5. The monoisotopic (exact) mass is 346 g/mol. The molecular formula is C22H22N2O2. The molecule has 0 aliphatic heterocycles. The largest absolute Gasteiger partial charge is 0.490 e. The molecule has 0 saturated heterocycles. The Labute approximate surface area is 153 Å². The minimum Gasteiger partial charge on any atom is -0.490 e. The number of pyridine rings is 1. The first-order chi connectivity index (χ1) is 12.8. The first-order valence-electron chi connectivity index (χ1n) is 9.16. The van der Waals surface area contributed by atoms with E-state index < -0.39 is 0 Å². The first-order valence-corrected chi connectivity index (χ1v) is 9.16. The summed E-state index contributed by atoms with van der Waals surface area (Å²) in [5.74, 6) is 0.843. The summed E-state index contributed by atoms with van der Waals surface area (Å²) in [6.07, 6.45) is 9.04. The number of carbonyl (C=O) groups is 1. The zero-order valence-electron chi connectivity index (χ0n) is 14.7. The van der Waals surface area contributed by atoms with Gasteiger partial charge in [0.2, 0.25) is 5.91 Å². The molecule has 1 fully saturated rings. The Balaban J connectivity index is 1.39. The van der Waals surface area contributed by atoms with Crippen LogP contribution in [-0.4, -0.2) is 17.0 Å². The summed E-state index contributed by atoms with van der Waals surface area (Å²) in [5.41, 5.74) is 1.79. The fourth-order valence-electron chi connectivity index (χ4n) is 3.54. The Hall–Kier alpha value is -2.88. The van der Waals surface area contributed by atoms with E-state index in [1.807, 2.05) is 54.7 Å². The summed E-state index contributed by atoms with van der Waals surface area (Å²) in [7, 11) is 0. The number of aromatic nitrogens is 1. The van der Waals surface area contributed by atoms with Gasteiger partial charge in [0.25, 0.3) is 0 Å². The molecule has 0 unspecified atom stereocenters. The number of ether oxygens (including phenoxy) is 1. The number of hydrogen-bond acceptors (Lipinski definition) is 3. The lowest BCUT2D eigenvalue weighted by molar-refractivity contribution is -0.115. The number of amides is 1. The van der Waals surface area contributed by atoms with E-state index in [1.54, 1.807) is 6.20 Å². The number of nitrogens with zero attached hydrogens (tertiary/aromatic N) is 1. The molecule has 0 atom stereocenters. The van der Waals surface area contributed by atoms with E-state index in [1.165, 1.54) is 12.8 Å². The molecular weight excluding hydrogens is 324 g/mol. The molecule has 1 saturated carbocycles. The van der Waals surface area contributed by atoms with E-state index in [-0.39, 0.29) is 5.91 Å². The van der Waals surface area contributed by atoms with Crippen LogP contribution >= 0.6 is 0 Å². The average molecular weight is 346 g/mol. The van der Waals surface area contributed by atoms with Crippen molar-refractivity contribution in [1.29, 1.82) is 0 Å². The van der Waals surface area contributed by atoms with Crippen molar-refractivity contribution >= 4 is 22.4 Å². The molecule has 0 radical (unpaired) electrons. The summed E-state index contributed by atoms with van der Waals surface area (Å²) in [6.45, 7) is 0. The van der Waals surface area contributed by atoms with Gasteiger partial charge >= 0.3 is 0 Å². The van der Waals surface area contributed by atoms with Gasteiger partial charge in [-0.25, -0.2) is 0 Å². The zero-order chi connectivity index (χ0) is 17.8. The molecule has 1 heterocycles. The second-order valence-electron chi connectivity index (χ2n) is 6.79. The van der Waals surface area contributed by atoms with Crippen molar-refractivity contribution in [2.24, 2.45) is 0 Å². The van der Waals surface area contributed by atoms with Crippen LogP contribution in [0.2, 0.25) is 0 Å². The van der Waals surface area contributed by atoms with Crippen LogP contribution in [0.3, 0.4) is 0 Å². The summed E-state index contributed by atoms with van der Waals surface area (Å²) < 4.78 is 5.96. The normalized spacial score (nSPS) is 14.5. The van der Waals surface area contributed by atoms with Gasteiger partial charge in [0.15, 0.2) is 0 Å². The third-order valence-corrected chi connectivity index (χ3v) is 4.87. The van der Waals surface area contributed by atoms with Crippen LogP contribution in [0.5, 0.6) is 5.75 Å². The molecule has 132 valence electrons. The lowest BCUT2D eigenvalue weighted by Crippen LogP contribution is -2.15. The van der Waals surface area contributed by atoms with Crippen LogP contribution in [0.1, 0.15) is 31.2 Å². The van der Waals surface area contributed by atoms with E-state index in [9.17, 15) is 4.79 Å². The summed E-state index contributed by atoms with van der Waals surface area (Å²) in [5, 5.41) is 5.08. The predicted octanol–water partition coefficient (Wildman–Crippen LogP) is 4.74. The quantitative estimate of drug-likeness (QED) is 0.726. The molecule has 2 aromatic carbocycles. The lowest BCUT2D eigenvalue weighted by Gasteiger charge is -2.13. The van der Waals surface area contributed by atoms with Crippen molar-refractivity contribution in [2.75, 3.05) is 5.32 Å². The van der Waals surface area contributed by atoms with Crippen molar-refractivity contribution in [3.05, 3.63) is 66.5 Å². The van der Waals surface area contributed by atoms with Crippen LogP contribution in [0.25, 0.3) is 10.8 Å². The van der Waals surface area contributed by atoms with Gasteiger partial charge in [0.1, 0.15) is 5.75 Å². The number of benzene rings is 2. The van der Waals surface area contributed by atoms with Crippen LogP contribution in [-0.2, 0) is 11.2 Å². The molecule has 1 aliphatic rings. The summed E-state index contributed by atoms with van der Waals surface area (Å²) >= 11 is 0. The zero-order valence-corrected chi connectivity index (χ0v) is 14.7. The average Bonchev–Trinajstić information content (AvgIpc) is 3.17. The van der Waals surface area contributed by atoms with Gasteiger partial charge in [-0.2, -0.15) is 0 Å². The van der Waals surface area contributed by atoms with Crippen LogP contribution in [0.4, 0.5) is 5.69 Å². The smallest absolute Gasteiger partial charge is 0.228 e. The molecule has 1 aromatic heterocycles. The maximum Gasteiger partial charge on any atom is 0.228 e. The summed E-state index contributed by atoms with van der Waals surface area (Å²) in [4.78, 5) is 16.6. The van der Waals surface area contributed by atoms with E-state index in [0.717, 1.165) is 40.6 Å². The second kappa shape index (κ2) is 7.56. The van der Waals surface area contributed by atoms with E-state index in [0.29, 0.717) is 12.5 Å². The molecule has 1 aliphatic carbocycles. The highest BCUT2D eigenvalue weighted by Gasteiger charge is 2.16. The van der Waals surface area contributed by atoms with Crippen LogP contribution < -0.4 is 10.1 Å². The van der Waals surface area contributed by atoms with Crippen molar-refractivity contribution in [1.82, 2.24) is 4.98 Å². The molecule has 26 heavy (non-hydrogen) atoms. The third-order valence-electron chi connectivity index (χ3n) is 4.87. The predicted molar refractivity (Wildman–Crippen MR) is 103 cm³/mol. The summed E-state index contributed by atoms with van der Waals surface area (Å²) in [6, 6.07) is 15.6. The molecule has 0 bridgehead atoms. The number of fused-ring (bicyclic) bond motifs is 1. The Kier molecular flexibility index (Phi) is 4.82. The molecule has 3 aromatic rings. The van der Waals surface area contributed by atoms with Crippen molar-refractivity contribution in [3.8, 4) is 5.75 Å². The van der Waals surface area contributed by atoms with Gasteiger partial charge in [-0.15, -0.1) is 0 Å². The SMILES string of the molecule is O=C(Cc1cccc2cnccc12)Nc1ccc(OC2CCCC2)cc1. The van der Waals surface area contributed by atoms with Crippen LogP contribution in [0.15, 0.2) is 60.9 Å². The topological polar surface area (TPSA) is 51.2 Å². The number of anilines is 1. The highest BCUT2D eigenvalue weighted by Crippen LogP contribution is 2.25. The van der Waals surface area contributed by atoms with Gasteiger partial charge in [0, 0.05) is 23.5 Å². The Morgan fingerprint density at radius 3 is 2.69 bits per heavy atom. The van der Waals surface area contributed by atoms with Gasteiger partial charge in [-0.3, -0.25) is 9.78 Å². The lowest BCUT2D eigenvalue weighted by atomic mass is 10.0.